The van der Waals surface area contributed by atoms with Crippen LogP contribution in [0.25, 0.3) is 0 Å². The Morgan fingerprint density at radius 1 is 0.952 bits per heavy atom. The van der Waals surface area contributed by atoms with Crippen LogP contribution in [0.15, 0.2) is 40.8 Å². The molecule has 0 aliphatic carbocycles. The molecule has 0 aliphatic rings. The second-order valence-electron chi connectivity index (χ2n) is 5.83. The third-order valence-corrected chi connectivity index (χ3v) is 3.04. The molecule has 0 fully saturated rings. The van der Waals surface area contributed by atoms with E-state index in [1.807, 2.05) is 12.1 Å². The van der Waals surface area contributed by atoms with Crippen LogP contribution < -0.4 is 4.74 Å². The number of ether oxygens (including phenoxy) is 1. The van der Waals surface area contributed by atoms with Crippen LogP contribution in [-0.2, 0) is 18.2 Å². The highest BCUT2D eigenvalue weighted by atomic mass is 19.4. The van der Waals surface area contributed by atoms with E-state index in [1.54, 1.807) is 12.1 Å². The van der Waals surface area contributed by atoms with Gasteiger partial charge in [0.25, 0.3) is 0 Å². The lowest BCUT2D eigenvalue weighted by atomic mass is 9.87. The Morgan fingerprint density at radius 2 is 1.57 bits per heavy atom. The fraction of sp³-hybridized carbons (Fsp3) is 0.375. The summed E-state index contributed by atoms with van der Waals surface area (Å²) in [5.74, 6) is -0.278. The fourth-order valence-corrected chi connectivity index (χ4v) is 1.81. The summed E-state index contributed by atoms with van der Waals surface area (Å²) >= 11 is 0. The maximum absolute atomic E-state index is 12.4. The van der Waals surface area contributed by atoms with Gasteiger partial charge in [-0.1, -0.05) is 32.9 Å². The molecule has 0 saturated carbocycles. The average molecular weight is 298 g/mol. The Kier molecular flexibility index (Phi) is 4.03. The van der Waals surface area contributed by atoms with Crippen LogP contribution in [-0.4, -0.2) is 0 Å². The minimum Gasteiger partial charge on any atom is -0.486 e. The van der Waals surface area contributed by atoms with Gasteiger partial charge in [-0.25, -0.2) is 0 Å². The Morgan fingerprint density at radius 3 is 2.05 bits per heavy atom. The average Bonchev–Trinajstić information content (AvgIpc) is 2.84. The quantitative estimate of drug-likeness (QED) is 0.779. The molecule has 2 rings (SSSR count). The molecule has 0 N–H and O–H groups in total. The van der Waals surface area contributed by atoms with Crippen LogP contribution in [0.4, 0.5) is 13.2 Å². The molecular weight excluding hydrogens is 281 g/mol. The molecule has 2 aromatic rings. The Hall–Kier alpha value is -1.91. The lowest BCUT2D eigenvalue weighted by Gasteiger charge is -2.19. The zero-order chi connectivity index (χ0) is 15.7. The molecule has 114 valence electrons. The summed E-state index contributed by atoms with van der Waals surface area (Å²) in [6, 6.07) is 9.66. The smallest absolute Gasteiger partial charge is 0.449 e. The van der Waals surface area contributed by atoms with Crippen LogP contribution in [0.3, 0.4) is 0 Å². The summed E-state index contributed by atoms with van der Waals surface area (Å²) in [7, 11) is 0. The summed E-state index contributed by atoms with van der Waals surface area (Å²) in [4.78, 5) is 0. The Bertz CT molecular complexity index is 589. The van der Waals surface area contributed by atoms with Crippen molar-refractivity contribution in [1.29, 1.82) is 0 Å². The first-order valence-electron chi connectivity index (χ1n) is 6.55. The van der Waals surface area contributed by atoms with Crippen molar-refractivity contribution in [3.8, 4) is 5.75 Å². The van der Waals surface area contributed by atoms with E-state index in [4.69, 9.17) is 9.15 Å². The molecular formula is C16H17F3O2. The largest absolute Gasteiger partial charge is 0.486 e. The monoisotopic (exact) mass is 298 g/mol. The van der Waals surface area contributed by atoms with Gasteiger partial charge in [-0.05, 0) is 35.2 Å². The highest BCUT2D eigenvalue weighted by molar-refractivity contribution is 5.31. The van der Waals surface area contributed by atoms with Crippen LogP contribution >= 0.6 is 0 Å². The number of alkyl halides is 3. The van der Waals surface area contributed by atoms with Gasteiger partial charge in [-0.15, -0.1) is 0 Å². The summed E-state index contributed by atoms with van der Waals surface area (Å²) in [6.45, 7) is 6.27. The third-order valence-electron chi connectivity index (χ3n) is 3.04. The molecule has 1 heterocycles. The Labute approximate surface area is 121 Å². The minimum atomic E-state index is -4.47. The van der Waals surface area contributed by atoms with E-state index in [0.717, 1.165) is 11.6 Å². The van der Waals surface area contributed by atoms with Crippen LogP contribution in [0.5, 0.6) is 5.75 Å². The summed E-state index contributed by atoms with van der Waals surface area (Å²) in [6.07, 6.45) is -4.47. The third kappa shape index (κ3) is 4.03. The highest BCUT2D eigenvalue weighted by Crippen LogP contribution is 2.31. The van der Waals surface area contributed by atoms with Gasteiger partial charge in [-0.3, -0.25) is 0 Å². The van der Waals surface area contributed by atoms with Gasteiger partial charge >= 0.3 is 6.18 Å². The molecule has 0 atom stereocenters. The normalized spacial score (nSPS) is 12.5. The molecule has 0 unspecified atom stereocenters. The van der Waals surface area contributed by atoms with Crippen LogP contribution in [0.2, 0.25) is 0 Å². The van der Waals surface area contributed by atoms with Crippen molar-refractivity contribution in [3.05, 3.63) is 53.5 Å². The van der Waals surface area contributed by atoms with E-state index in [1.165, 1.54) is 6.07 Å². The van der Waals surface area contributed by atoms with Gasteiger partial charge in [0.15, 0.2) is 0 Å². The topological polar surface area (TPSA) is 22.4 Å². The second kappa shape index (κ2) is 5.47. The molecule has 0 aliphatic heterocycles. The van der Waals surface area contributed by atoms with Crippen molar-refractivity contribution in [2.75, 3.05) is 0 Å². The zero-order valence-corrected chi connectivity index (χ0v) is 12.1. The molecule has 0 spiro atoms. The van der Waals surface area contributed by atoms with E-state index >= 15 is 0 Å². The summed E-state index contributed by atoms with van der Waals surface area (Å²) in [5.41, 5.74) is 1.20. The molecule has 0 bridgehead atoms. The lowest BCUT2D eigenvalue weighted by Crippen LogP contribution is -2.10. The number of halogens is 3. The lowest BCUT2D eigenvalue weighted by molar-refractivity contribution is -0.153. The van der Waals surface area contributed by atoms with Gasteiger partial charge in [0.1, 0.15) is 18.1 Å². The molecule has 2 nitrogen and oxygen atoms in total. The molecule has 0 saturated heterocycles. The molecule has 1 aromatic carbocycles. The zero-order valence-electron chi connectivity index (χ0n) is 12.1. The van der Waals surface area contributed by atoms with E-state index in [-0.39, 0.29) is 17.8 Å². The van der Waals surface area contributed by atoms with Crippen molar-refractivity contribution in [3.63, 3.8) is 0 Å². The molecule has 0 radical (unpaired) electrons. The summed E-state index contributed by atoms with van der Waals surface area (Å²) in [5, 5.41) is 0. The SMILES string of the molecule is CC(C)(C)c1ccc(OCc2ccc(C(F)(F)F)o2)cc1. The van der Waals surface area contributed by atoms with Gasteiger partial charge in [-0.2, -0.15) is 13.2 Å². The molecule has 0 amide bonds. The number of furan rings is 1. The van der Waals surface area contributed by atoms with Gasteiger partial charge in [0, 0.05) is 0 Å². The first-order valence-corrected chi connectivity index (χ1v) is 6.55. The second-order valence-corrected chi connectivity index (χ2v) is 5.83. The van der Waals surface area contributed by atoms with Gasteiger partial charge < -0.3 is 9.15 Å². The summed E-state index contributed by atoms with van der Waals surface area (Å²) < 4.78 is 47.3. The first-order chi connectivity index (χ1) is 9.66. The van der Waals surface area contributed by atoms with E-state index in [2.05, 4.69) is 20.8 Å². The number of rotatable bonds is 3. The van der Waals surface area contributed by atoms with Crippen molar-refractivity contribution >= 4 is 0 Å². The maximum Gasteiger partial charge on any atom is 0.449 e. The number of benzene rings is 1. The fourth-order valence-electron chi connectivity index (χ4n) is 1.81. The van der Waals surface area contributed by atoms with Crippen molar-refractivity contribution < 1.29 is 22.3 Å². The maximum atomic E-state index is 12.4. The van der Waals surface area contributed by atoms with Gasteiger partial charge in [0.05, 0.1) is 0 Å². The van der Waals surface area contributed by atoms with Crippen LogP contribution in [0, 0.1) is 0 Å². The van der Waals surface area contributed by atoms with E-state index in [9.17, 15) is 13.2 Å². The predicted molar refractivity (Wildman–Crippen MR) is 73.2 cm³/mol. The molecule has 5 heteroatoms. The van der Waals surface area contributed by atoms with Crippen molar-refractivity contribution in [1.82, 2.24) is 0 Å². The molecule has 1 aromatic heterocycles. The predicted octanol–water partition coefficient (Wildman–Crippen LogP) is 5.17. The first kappa shape index (κ1) is 15.5. The van der Waals surface area contributed by atoms with Crippen LogP contribution in [0.1, 0.15) is 37.9 Å². The van der Waals surface area contributed by atoms with E-state index < -0.39 is 11.9 Å². The Balaban J connectivity index is 1.99. The minimum absolute atomic E-state index is 0.0368. The van der Waals surface area contributed by atoms with Gasteiger partial charge in [0.2, 0.25) is 5.76 Å². The number of hydrogen-bond donors (Lipinski definition) is 0. The highest BCUT2D eigenvalue weighted by Gasteiger charge is 2.34. The number of hydrogen-bond acceptors (Lipinski definition) is 2. The van der Waals surface area contributed by atoms with Crippen molar-refractivity contribution in [2.24, 2.45) is 0 Å². The molecule has 21 heavy (non-hydrogen) atoms. The van der Waals surface area contributed by atoms with E-state index in [0.29, 0.717) is 5.75 Å². The standard InChI is InChI=1S/C16H17F3O2/c1-15(2,3)11-4-6-12(7-5-11)20-10-13-8-9-14(21-13)16(17,18)19/h4-9H,10H2,1-3H3. The van der Waals surface area contributed by atoms with Crippen molar-refractivity contribution in [2.45, 2.75) is 39.0 Å².